The molecule has 1 atom stereocenters. The zero-order valence-electron chi connectivity index (χ0n) is 17.5. The van der Waals surface area contributed by atoms with Crippen LogP contribution in [0.15, 0.2) is 84.0 Å². The minimum Gasteiger partial charge on any atom is -0.360 e. The summed E-state index contributed by atoms with van der Waals surface area (Å²) in [7, 11) is 1.89. The van der Waals surface area contributed by atoms with Gasteiger partial charge in [-0.25, -0.2) is 0 Å². The van der Waals surface area contributed by atoms with Crippen molar-refractivity contribution in [3.05, 3.63) is 101 Å². The summed E-state index contributed by atoms with van der Waals surface area (Å²) in [6, 6.07) is 25.8. The highest BCUT2D eigenvalue weighted by Gasteiger charge is 2.28. The fourth-order valence-corrected chi connectivity index (χ4v) is 4.11. The number of para-hydroxylation sites is 1. The summed E-state index contributed by atoms with van der Waals surface area (Å²) < 4.78 is 0. The third kappa shape index (κ3) is 3.55. The van der Waals surface area contributed by atoms with Gasteiger partial charge in [-0.05, 0) is 24.7 Å². The lowest BCUT2D eigenvalue weighted by Gasteiger charge is -2.23. The summed E-state index contributed by atoms with van der Waals surface area (Å²) in [6.45, 7) is 0.525. The molecule has 0 saturated heterocycles. The largest absolute Gasteiger partial charge is 0.360 e. The van der Waals surface area contributed by atoms with Crippen LogP contribution in [0.3, 0.4) is 0 Å². The van der Waals surface area contributed by atoms with Gasteiger partial charge in [0.25, 0.3) is 5.91 Å². The molecule has 6 nitrogen and oxygen atoms in total. The first kappa shape index (κ1) is 19.7. The Kier molecular flexibility index (Phi) is 5.02. The van der Waals surface area contributed by atoms with Crippen molar-refractivity contribution >= 4 is 28.2 Å². The number of amides is 1. The van der Waals surface area contributed by atoms with Crippen LogP contribution in [0.25, 0.3) is 10.9 Å². The van der Waals surface area contributed by atoms with Crippen LogP contribution in [0, 0.1) is 11.3 Å². The first-order valence-corrected chi connectivity index (χ1v) is 10.4. The topological polar surface area (TPSA) is 84.3 Å². The minimum atomic E-state index is -0.688. The molecular weight excluding hydrogens is 398 g/mol. The van der Waals surface area contributed by atoms with Gasteiger partial charge in [0.1, 0.15) is 6.07 Å². The highest BCUT2D eigenvalue weighted by atomic mass is 16.2. The number of carbonyl (C=O) groups excluding carboxylic acids is 1. The van der Waals surface area contributed by atoms with E-state index in [-0.39, 0.29) is 5.91 Å². The summed E-state index contributed by atoms with van der Waals surface area (Å²) in [5.41, 5.74) is 5.96. The summed E-state index contributed by atoms with van der Waals surface area (Å²) in [6.07, 6.45) is 1.02. The molecule has 2 N–H and O–H groups in total. The predicted molar refractivity (Wildman–Crippen MR) is 125 cm³/mol. The van der Waals surface area contributed by atoms with Gasteiger partial charge >= 0.3 is 0 Å². The number of benzene rings is 3. The number of nitriles is 1. The Balaban J connectivity index is 1.50. The lowest BCUT2D eigenvalue weighted by molar-refractivity contribution is -0.120. The van der Waals surface area contributed by atoms with Gasteiger partial charge < -0.3 is 10.3 Å². The van der Waals surface area contributed by atoms with Crippen molar-refractivity contribution < 1.29 is 4.79 Å². The number of aliphatic imine (C=N–C) groups is 1. The van der Waals surface area contributed by atoms with Gasteiger partial charge in [0.2, 0.25) is 0 Å². The van der Waals surface area contributed by atoms with Crippen LogP contribution in [-0.2, 0) is 11.3 Å². The maximum atomic E-state index is 13.1. The van der Waals surface area contributed by atoms with Gasteiger partial charge in [0.05, 0.1) is 17.0 Å². The van der Waals surface area contributed by atoms with E-state index in [1.165, 1.54) is 0 Å². The van der Waals surface area contributed by atoms with E-state index in [4.69, 9.17) is 4.99 Å². The average molecular weight is 419 g/mol. The number of nitrogens with one attached hydrogen (secondary N) is 2. The zero-order valence-corrected chi connectivity index (χ0v) is 17.5. The quantitative estimate of drug-likeness (QED) is 0.518. The molecule has 1 aliphatic rings. The average Bonchev–Trinajstić information content (AvgIpc) is 3.16. The van der Waals surface area contributed by atoms with Crippen LogP contribution in [-0.4, -0.2) is 34.7 Å². The molecular formula is C26H21N5O. The van der Waals surface area contributed by atoms with Crippen molar-refractivity contribution in [2.24, 2.45) is 4.99 Å². The second-order valence-corrected chi connectivity index (χ2v) is 7.86. The molecule has 5 rings (SSSR count). The molecule has 4 aromatic rings. The van der Waals surface area contributed by atoms with E-state index in [1.54, 1.807) is 6.20 Å². The molecule has 1 aliphatic heterocycles. The summed E-state index contributed by atoms with van der Waals surface area (Å²) in [4.78, 5) is 23.1. The van der Waals surface area contributed by atoms with Crippen LogP contribution < -0.4 is 5.32 Å². The van der Waals surface area contributed by atoms with Gasteiger partial charge in [0, 0.05) is 34.8 Å². The van der Waals surface area contributed by atoms with Crippen molar-refractivity contribution in [1.82, 2.24) is 9.88 Å². The molecule has 0 saturated carbocycles. The fraction of sp³-hybridized carbons (Fsp3) is 0.115. The maximum Gasteiger partial charge on any atom is 0.264 e. The Morgan fingerprint density at radius 3 is 2.66 bits per heavy atom. The molecule has 3 aromatic carbocycles. The van der Waals surface area contributed by atoms with Gasteiger partial charge in [-0.2, -0.15) is 5.26 Å². The number of benzodiazepines with no additional fused rings is 1. The van der Waals surface area contributed by atoms with E-state index >= 15 is 0 Å². The van der Waals surface area contributed by atoms with Gasteiger partial charge in [-0.15, -0.1) is 0 Å². The first-order valence-electron chi connectivity index (χ1n) is 10.4. The highest BCUT2D eigenvalue weighted by molar-refractivity contribution is 6.19. The van der Waals surface area contributed by atoms with Gasteiger partial charge in [-0.1, -0.05) is 60.7 Å². The Morgan fingerprint density at radius 2 is 1.84 bits per heavy atom. The number of H-pyrrole nitrogens is 1. The normalized spacial score (nSPS) is 15.6. The predicted octanol–water partition coefficient (Wildman–Crippen LogP) is 4.29. The van der Waals surface area contributed by atoms with E-state index in [9.17, 15) is 10.1 Å². The zero-order chi connectivity index (χ0) is 22.1. The Labute approximate surface area is 185 Å². The lowest BCUT2D eigenvalue weighted by Crippen LogP contribution is -2.39. The highest BCUT2D eigenvalue weighted by Crippen LogP contribution is 2.26. The minimum absolute atomic E-state index is 0.168. The standard InChI is InChI=1S/C26H21N5O/c1-31(16-17-11-12-20-19(14-27)15-28-23(20)13-17)25-26(32)29-22-10-6-5-9-21(22)24(30-25)18-7-3-2-4-8-18/h2-13,15,25,28H,16H2,1H3,(H,29,32). The van der Waals surface area contributed by atoms with Crippen LogP contribution in [0.1, 0.15) is 22.3 Å². The van der Waals surface area contributed by atoms with Crippen molar-refractivity contribution in [2.45, 2.75) is 12.7 Å². The van der Waals surface area contributed by atoms with Crippen LogP contribution in [0.2, 0.25) is 0 Å². The molecule has 6 heteroatoms. The molecule has 2 heterocycles. The van der Waals surface area contributed by atoms with E-state index in [2.05, 4.69) is 16.4 Å². The van der Waals surface area contributed by atoms with E-state index in [0.29, 0.717) is 12.1 Å². The van der Waals surface area contributed by atoms with E-state index in [1.807, 2.05) is 84.7 Å². The molecule has 0 fully saturated rings. The molecule has 0 aliphatic carbocycles. The molecule has 1 unspecified atom stereocenters. The van der Waals surface area contributed by atoms with Crippen molar-refractivity contribution in [1.29, 1.82) is 5.26 Å². The monoisotopic (exact) mass is 419 g/mol. The third-order valence-corrected chi connectivity index (χ3v) is 5.69. The molecule has 1 aromatic heterocycles. The number of fused-ring (bicyclic) bond motifs is 2. The summed E-state index contributed by atoms with van der Waals surface area (Å²) >= 11 is 0. The smallest absolute Gasteiger partial charge is 0.264 e. The van der Waals surface area contributed by atoms with Crippen LogP contribution in [0.5, 0.6) is 0 Å². The number of hydrogen-bond donors (Lipinski definition) is 2. The van der Waals surface area contributed by atoms with Crippen LogP contribution >= 0.6 is 0 Å². The molecule has 0 radical (unpaired) electrons. The first-order chi connectivity index (χ1) is 15.6. The maximum absolute atomic E-state index is 13.1. The Bertz CT molecular complexity index is 1380. The lowest BCUT2D eigenvalue weighted by atomic mass is 10.0. The SMILES string of the molecule is CN(Cc1ccc2c(C#N)c[nH]c2c1)C1N=C(c2ccccc2)c2ccccc2NC1=O. The second-order valence-electron chi connectivity index (χ2n) is 7.86. The third-order valence-electron chi connectivity index (χ3n) is 5.69. The van der Waals surface area contributed by atoms with Crippen molar-refractivity contribution in [2.75, 3.05) is 12.4 Å². The van der Waals surface area contributed by atoms with Crippen molar-refractivity contribution in [3.8, 4) is 6.07 Å². The Morgan fingerprint density at radius 1 is 1.06 bits per heavy atom. The van der Waals surface area contributed by atoms with Crippen LogP contribution in [0.4, 0.5) is 5.69 Å². The van der Waals surface area contributed by atoms with E-state index in [0.717, 1.165) is 39.0 Å². The fourth-order valence-electron chi connectivity index (χ4n) is 4.11. The molecule has 0 spiro atoms. The van der Waals surface area contributed by atoms with E-state index < -0.39 is 6.17 Å². The van der Waals surface area contributed by atoms with Gasteiger partial charge in [-0.3, -0.25) is 14.7 Å². The summed E-state index contributed by atoms with van der Waals surface area (Å²) in [5.74, 6) is -0.168. The molecule has 1 amide bonds. The number of anilines is 1. The van der Waals surface area contributed by atoms with Crippen molar-refractivity contribution in [3.63, 3.8) is 0 Å². The van der Waals surface area contributed by atoms with Gasteiger partial charge in [0.15, 0.2) is 6.17 Å². The number of carbonyl (C=O) groups is 1. The Hall–Kier alpha value is -4.21. The number of rotatable bonds is 4. The second kappa shape index (κ2) is 8.14. The molecule has 32 heavy (non-hydrogen) atoms. The molecule has 0 bridgehead atoms. The number of aromatic amines is 1. The summed E-state index contributed by atoms with van der Waals surface area (Å²) in [5, 5.41) is 13.2. The number of likely N-dealkylation sites (N-methyl/N-ethyl adjacent to an activating group) is 1. The number of nitrogens with zero attached hydrogens (tertiary/aromatic N) is 3. The molecule has 156 valence electrons. The number of hydrogen-bond acceptors (Lipinski definition) is 4. The number of aromatic nitrogens is 1.